The molecule has 1 aromatic carbocycles. The van der Waals surface area contributed by atoms with Crippen molar-refractivity contribution in [3.05, 3.63) is 59.5 Å². The molecule has 5 rings (SSSR count). The van der Waals surface area contributed by atoms with Crippen molar-refractivity contribution in [1.29, 1.82) is 0 Å². The molecule has 0 atom stereocenters. The fourth-order valence-corrected chi connectivity index (χ4v) is 3.99. The molecule has 0 spiro atoms. The van der Waals surface area contributed by atoms with Crippen molar-refractivity contribution >= 4 is 22.6 Å². The highest BCUT2D eigenvalue weighted by atomic mass is 16.5. The van der Waals surface area contributed by atoms with Crippen molar-refractivity contribution in [3.63, 3.8) is 0 Å². The van der Waals surface area contributed by atoms with Crippen molar-refractivity contribution in [2.75, 3.05) is 26.3 Å². The smallest absolute Gasteiger partial charge is 0.320 e. The molecule has 160 valence electrons. The molecule has 0 bridgehead atoms. The molecule has 0 N–H and O–H groups in total. The number of carbonyl (C=O) groups is 1. The highest BCUT2D eigenvalue weighted by molar-refractivity contribution is 5.84. The third-order valence-corrected chi connectivity index (χ3v) is 5.65. The molecule has 0 radical (unpaired) electrons. The number of hydrogen-bond donors (Lipinski definition) is 0. The maximum atomic E-state index is 13.4. The average Bonchev–Trinajstić information content (AvgIpc) is 3.51. The van der Waals surface area contributed by atoms with Crippen LogP contribution in [0.5, 0.6) is 0 Å². The maximum absolute atomic E-state index is 13.4. The summed E-state index contributed by atoms with van der Waals surface area (Å²) < 4.78 is 12.7. The van der Waals surface area contributed by atoms with Crippen LogP contribution in [0.2, 0.25) is 0 Å². The molecule has 1 aliphatic rings. The number of carbonyl (C=O) groups excluding carboxylic acids is 1. The van der Waals surface area contributed by atoms with Crippen molar-refractivity contribution in [3.8, 4) is 0 Å². The van der Waals surface area contributed by atoms with E-state index < -0.39 is 0 Å². The SMILES string of the molecule is CCc1ccc2c(c1)cc(CN(Cc1ccco1)C(=O)N1CCOCC1)c1nnnn12. The van der Waals surface area contributed by atoms with Gasteiger partial charge in [-0.1, -0.05) is 13.0 Å². The Balaban J connectivity index is 1.53. The number of aromatic nitrogens is 4. The van der Waals surface area contributed by atoms with E-state index in [1.807, 2.05) is 23.1 Å². The number of pyridine rings is 1. The number of benzene rings is 1. The van der Waals surface area contributed by atoms with Crippen LogP contribution in [0.1, 0.15) is 23.8 Å². The fraction of sp³-hybridized carbons (Fsp3) is 0.364. The summed E-state index contributed by atoms with van der Waals surface area (Å²) in [6.07, 6.45) is 2.56. The molecule has 0 aliphatic carbocycles. The first-order valence-electron chi connectivity index (χ1n) is 10.5. The quantitative estimate of drug-likeness (QED) is 0.493. The minimum Gasteiger partial charge on any atom is -0.467 e. The number of morpholine rings is 1. The van der Waals surface area contributed by atoms with E-state index in [0.29, 0.717) is 45.0 Å². The van der Waals surface area contributed by atoms with Gasteiger partial charge in [-0.3, -0.25) is 0 Å². The van der Waals surface area contributed by atoms with Crippen LogP contribution in [-0.4, -0.2) is 62.2 Å². The van der Waals surface area contributed by atoms with E-state index in [1.54, 1.807) is 15.7 Å². The van der Waals surface area contributed by atoms with Crippen LogP contribution in [0, 0.1) is 0 Å². The van der Waals surface area contributed by atoms with Crippen LogP contribution in [0.4, 0.5) is 4.79 Å². The number of hydrogen-bond acceptors (Lipinski definition) is 6. The van der Waals surface area contributed by atoms with Gasteiger partial charge in [-0.15, -0.1) is 5.10 Å². The van der Waals surface area contributed by atoms with E-state index in [-0.39, 0.29) is 6.03 Å². The highest BCUT2D eigenvalue weighted by Crippen LogP contribution is 2.23. The number of fused-ring (bicyclic) bond motifs is 3. The maximum Gasteiger partial charge on any atom is 0.320 e. The van der Waals surface area contributed by atoms with E-state index in [1.165, 1.54) is 5.56 Å². The van der Waals surface area contributed by atoms with Crippen LogP contribution >= 0.6 is 0 Å². The first kappa shape index (κ1) is 19.5. The largest absolute Gasteiger partial charge is 0.467 e. The first-order chi connectivity index (χ1) is 15.2. The summed E-state index contributed by atoms with van der Waals surface area (Å²) in [4.78, 5) is 17.0. The molecule has 1 saturated heterocycles. The lowest BCUT2D eigenvalue weighted by Crippen LogP contribution is -2.47. The van der Waals surface area contributed by atoms with E-state index in [0.717, 1.165) is 28.6 Å². The zero-order valence-corrected chi connectivity index (χ0v) is 17.4. The number of nitrogens with zero attached hydrogens (tertiary/aromatic N) is 6. The first-order valence-corrected chi connectivity index (χ1v) is 10.5. The predicted molar refractivity (Wildman–Crippen MR) is 113 cm³/mol. The number of tetrazole rings is 1. The van der Waals surface area contributed by atoms with Gasteiger partial charge in [0.1, 0.15) is 5.76 Å². The molecular formula is C22H24N6O3. The standard InChI is InChI=1S/C22H24N6O3/c1-2-16-5-6-20-17(12-16)13-18(21-23-24-25-28(20)21)14-27(15-19-4-3-9-31-19)22(29)26-7-10-30-11-8-26/h3-6,9,12-13H,2,7-8,10-11,14-15H2,1H3. The Bertz CT molecular complexity index is 1200. The number of furan rings is 1. The van der Waals surface area contributed by atoms with Crippen LogP contribution in [0.25, 0.3) is 16.6 Å². The summed E-state index contributed by atoms with van der Waals surface area (Å²) in [6.45, 7) is 5.11. The minimum atomic E-state index is -0.0484. The van der Waals surface area contributed by atoms with Gasteiger partial charge in [0, 0.05) is 24.0 Å². The van der Waals surface area contributed by atoms with Crippen molar-refractivity contribution in [1.82, 2.24) is 29.8 Å². The molecule has 4 heterocycles. The Kier molecular flexibility index (Phi) is 5.25. The van der Waals surface area contributed by atoms with Gasteiger partial charge in [0.25, 0.3) is 0 Å². The zero-order chi connectivity index (χ0) is 21.2. The Hall–Kier alpha value is -3.46. The molecule has 0 unspecified atom stereocenters. The van der Waals surface area contributed by atoms with Gasteiger partial charge < -0.3 is 19.0 Å². The van der Waals surface area contributed by atoms with Gasteiger partial charge in [-0.25, -0.2) is 4.79 Å². The molecule has 9 heteroatoms. The summed E-state index contributed by atoms with van der Waals surface area (Å²) in [5.41, 5.74) is 3.72. The number of urea groups is 1. The zero-order valence-electron chi connectivity index (χ0n) is 17.4. The Morgan fingerprint density at radius 2 is 2.03 bits per heavy atom. The summed E-state index contributed by atoms with van der Waals surface area (Å²) >= 11 is 0. The number of rotatable bonds is 5. The van der Waals surface area contributed by atoms with E-state index in [4.69, 9.17) is 9.15 Å². The van der Waals surface area contributed by atoms with Gasteiger partial charge in [-0.2, -0.15) is 4.52 Å². The fourth-order valence-electron chi connectivity index (χ4n) is 3.99. The van der Waals surface area contributed by atoms with Gasteiger partial charge in [0.15, 0.2) is 5.65 Å². The highest BCUT2D eigenvalue weighted by Gasteiger charge is 2.25. The minimum absolute atomic E-state index is 0.0484. The Morgan fingerprint density at radius 1 is 1.16 bits per heavy atom. The second-order valence-corrected chi connectivity index (χ2v) is 7.65. The van der Waals surface area contributed by atoms with Gasteiger partial charge in [-0.05, 0) is 52.7 Å². The third kappa shape index (κ3) is 3.84. The molecule has 31 heavy (non-hydrogen) atoms. The third-order valence-electron chi connectivity index (χ3n) is 5.65. The molecular weight excluding hydrogens is 396 g/mol. The molecule has 3 aromatic heterocycles. The number of aryl methyl sites for hydroxylation is 1. The van der Waals surface area contributed by atoms with Crippen molar-refractivity contribution in [2.24, 2.45) is 0 Å². The van der Waals surface area contributed by atoms with Crippen LogP contribution < -0.4 is 0 Å². The van der Waals surface area contributed by atoms with E-state index in [2.05, 4.69) is 40.6 Å². The summed E-state index contributed by atoms with van der Waals surface area (Å²) in [6, 6.07) is 12.0. The van der Waals surface area contributed by atoms with Gasteiger partial charge in [0.05, 0.1) is 38.1 Å². The molecule has 9 nitrogen and oxygen atoms in total. The van der Waals surface area contributed by atoms with Gasteiger partial charge >= 0.3 is 6.03 Å². The van der Waals surface area contributed by atoms with Crippen molar-refractivity contribution < 1.29 is 13.9 Å². The summed E-state index contributed by atoms with van der Waals surface area (Å²) in [5.74, 6) is 0.728. The Labute approximate surface area is 179 Å². The van der Waals surface area contributed by atoms with Gasteiger partial charge in [0.2, 0.25) is 0 Å². The molecule has 1 aliphatic heterocycles. The molecule has 0 saturated carbocycles. The number of amides is 2. The molecule has 2 amide bonds. The number of ether oxygens (including phenoxy) is 1. The molecule has 1 fully saturated rings. The monoisotopic (exact) mass is 420 g/mol. The van der Waals surface area contributed by atoms with Crippen LogP contribution in [0.15, 0.2) is 47.1 Å². The van der Waals surface area contributed by atoms with Crippen LogP contribution in [0.3, 0.4) is 0 Å². The predicted octanol–water partition coefficient (Wildman–Crippen LogP) is 2.89. The Morgan fingerprint density at radius 3 is 2.81 bits per heavy atom. The normalized spacial score (nSPS) is 14.4. The van der Waals surface area contributed by atoms with E-state index in [9.17, 15) is 4.79 Å². The lowest BCUT2D eigenvalue weighted by atomic mass is 10.1. The molecule has 4 aromatic rings. The van der Waals surface area contributed by atoms with Crippen molar-refractivity contribution in [2.45, 2.75) is 26.4 Å². The second-order valence-electron chi connectivity index (χ2n) is 7.65. The summed E-state index contributed by atoms with van der Waals surface area (Å²) in [7, 11) is 0. The topological polar surface area (TPSA) is 89.0 Å². The lowest BCUT2D eigenvalue weighted by Gasteiger charge is -2.32. The summed E-state index contributed by atoms with van der Waals surface area (Å²) in [5, 5.41) is 13.4. The van der Waals surface area contributed by atoms with E-state index >= 15 is 0 Å². The lowest BCUT2D eigenvalue weighted by molar-refractivity contribution is 0.0413. The average molecular weight is 420 g/mol. The van der Waals surface area contributed by atoms with Crippen LogP contribution in [-0.2, 0) is 24.2 Å². The second kappa shape index (κ2) is 8.35.